The van der Waals surface area contributed by atoms with Crippen LogP contribution in [-0.4, -0.2) is 15.3 Å². The molecule has 4 nitrogen and oxygen atoms in total. The van der Waals surface area contributed by atoms with Crippen LogP contribution in [0.15, 0.2) is 36.7 Å². The quantitative estimate of drug-likeness (QED) is 0.756. The number of nitriles is 1. The smallest absolute Gasteiger partial charge is 0.228 e. The number of hydrogen-bond acceptors (Lipinski definition) is 3. The average molecular weight is 267 g/mol. The van der Waals surface area contributed by atoms with Crippen molar-refractivity contribution in [1.82, 2.24) is 9.55 Å². The first kappa shape index (κ1) is 14.0. The van der Waals surface area contributed by atoms with E-state index in [0.717, 1.165) is 12.8 Å². The van der Waals surface area contributed by atoms with Crippen molar-refractivity contribution >= 4 is 5.78 Å². The molecule has 1 heterocycles. The largest absolute Gasteiger partial charge is 0.327 e. The summed E-state index contributed by atoms with van der Waals surface area (Å²) in [4.78, 5) is 16.5. The predicted molar refractivity (Wildman–Crippen MR) is 76.3 cm³/mol. The summed E-state index contributed by atoms with van der Waals surface area (Å²) in [5.74, 6) is 0.291. The van der Waals surface area contributed by atoms with E-state index in [9.17, 15) is 4.79 Å². The van der Waals surface area contributed by atoms with E-state index in [2.05, 4.69) is 18.0 Å². The molecule has 2 rings (SSSR count). The van der Waals surface area contributed by atoms with Crippen molar-refractivity contribution in [3.05, 3.63) is 53.6 Å². The van der Waals surface area contributed by atoms with Crippen molar-refractivity contribution < 1.29 is 4.79 Å². The zero-order chi connectivity index (χ0) is 14.4. The van der Waals surface area contributed by atoms with Crippen molar-refractivity contribution in [1.29, 1.82) is 5.26 Å². The van der Waals surface area contributed by atoms with E-state index in [4.69, 9.17) is 5.26 Å². The molecule has 0 spiro atoms. The Balaban J connectivity index is 2.18. The summed E-state index contributed by atoms with van der Waals surface area (Å²) >= 11 is 0. The highest BCUT2D eigenvalue weighted by Gasteiger charge is 2.14. The number of imidazole rings is 1. The lowest BCUT2D eigenvalue weighted by atomic mass is 10.1. The lowest BCUT2D eigenvalue weighted by molar-refractivity contribution is 0.102. The molecule has 1 aromatic heterocycles. The Morgan fingerprint density at radius 1 is 1.35 bits per heavy atom. The summed E-state index contributed by atoms with van der Waals surface area (Å²) < 4.78 is 1.73. The predicted octanol–water partition coefficient (Wildman–Crippen LogP) is 2.98. The lowest BCUT2D eigenvalue weighted by Crippen LogP contribution is -2.11. The van der Waals surface area contributed by atoms with E-state index >= 15 is 0 Å². The Kier molecular flexibility index (Phi) is 4.67. The standard InChI is InChI=1S/C16H17N3O/c1-2-4-13-5-7-14(8-6-13)15(20)16-18-10-12-19(16)11-3-9-17/h5-8,10,12H,2-4,11H2,1H3. The van der Waals surface area contributed by atoms with E-state index in [1.54, 1.807) is 17.0 Å². The van der Waals surface area contributed by atoms with Crippen LogP contribution in [0.1, 0.15) is 41.5 Å². The average Bonchev–Trinajstić information content (AvgIpc) is 2.94. The van der Waals surface area contributed by atoms with Crippen LogP contribution in [-0.2, 0) is 13.0 Å². The van der Waals surface area contributed by atoms with Crippen molar-refractivity contribution in [3.8, 4) is 6.07 Å². The SMILES string of the molecule is CCCc1ccc(C(=O)c2nccn2CCC#N)cc1. The molecule has 0 bridgehead atoms. The van der Waals surface area contributed by atoms with Gasteiger partial charge in [0.1, 0.15) is 0 Å². The molecule has 0 unspecified atom stereocenters. The van der Waals surface area contributed by atoms with Crippen LogP contribution in [0.4, 0.5) is 0 Å². The minimum absolute atomic E-state index is 0.101. The van der Waals surface area contributed by atoms with Crippen molar-refractivity contribution in [3.63, 3.8) is 0 Å². The Labute approximate surface area is 118 Å². The number of aromatic nitrogens is 2. The van der Waals surface area contributed by atoms with Crippen LogP contribution in [0.5, 0.6) is 0 Å². The van der Waals surface area contributed by atoms with Gasteiger partial charge in [0.25, 0.3) is 0 Å². The third-order valence-corrected chi connectivity index (χ3v) is 3.14. The maximum absolute atomic E-state index is 12.4. The van der Waals surface area contributed by atoms with Gasteiger partial charge in [-0.1, -0.05) is 37.6 Å². The number of aryl methyl sites for hydroxylation is 2. The molecule has 0 saturated carbocycles. The van der Waals surface area contributed by atoms with Crippen molar-refractivity contribution in [2.45, 2.75) is 32.7 Å². The number of ketones is 1. The van der Waals surface area contributed by atoms with E-state index in [1.807, 2.05) is 24.3 Å². The van der Waals surface area contributed by atoms with Gasteiger partial charge in [-0.05, 0) is 12.0 Å². The third-order valence-electron chi connectivity index (χ3n) is 3.14. The van der Waals surface area contributed by atoms with Crippen LogP contribution >= 0.6 is 0 Å². The summed E-state index contributed by atoms with van der Waals surface area (Å²) in [6, 6.07) is 9.73. The van der Waals surface area contributed by atoms with Crippen LogP contribution in [0.2, 0.25) is 0 Å². The molecule has 0 aliphatic rings. The summed E-state index contributed by atoms with van der Waals surface area (Å²) in [5, 5.41) is 8.62. The maximum Gasteiger partial charge on any atom is 0.228 e. The van der Waals surface area contributed by atoms with Gasteiger partial charge in [-0.15, -0.1) is 0 Å². The Bertz CT molecular complexity index is 620. The molecule has 2 aromatic rings. The number of carbonyl (C=O) groups excluding carboxylic acids is 1. The van der Waals surface area contributed by atoms with Gasteiger partial charge >= 0.3 is 0 Å². The van der Waals surface area contributed by atoms with Crippen molar-refractivity contribution in [2.75, 3.05) is 0 Å². The van der Waals surface area contributed by atoms with Gasteiger partial charge < -0.3 is 4.57 Å². The fourth-order valence-electron chi connectivity index (χ4n) is 2.11. The first-order chi connectivity index (χ1) is 9.76. The topological polar surface area (TPSA) is 58.7 Å². The fourth-order valence-corrected chi connectivity index (χ4v) is 2.11. The van der Waals surface area contributed by atoms with E-state index in [1.165, 1.54) is 5.56 Å². The lowest BCUT2D eigenvalue weighted by Gasteiger charge is -2.05. The minimum Gasteiger partial charge on any atom is -0.327 e. The molecule has 0 aliphatic heterocycles. The van der Waals surface area contributed by atoms with Gasteiger partial charge in [-0.3, -0.25) is 4.79 Å². The summed E-state index contributed by atoms with van der Waals surface area (Å²) in [6.45, 7) is 2.62. The monoisotopic (exact) mass is 267 g/mol. The Hall–Kier alpha value is -2.41. The fraction of sp³-hybridized carbons (Fsp3) is 0.312. The molecule has 0 fully saturated rings. The number of rotatable bonds is 6. The van der Waals surface area contributed by atoms with Gasteiger partial charge in [0.15, 0.2) is 5.82 Å². The highest BCUT2D eigenvalue weighted by Crippen LogP contribution is 2.11. The number of hydrogen-bond donors (Lipinski definition) is 0. The molecule has 0 amide bonds. The van der Waals surface area contributed by atoms with Gasteiger partial charge in [-0.25, -0.2) is 4.98 Å². The van der Waals surface area contributed by atoms with Gasteiger partial charge in [-0.2, -0.15) is 5.26 Å². The Morgan fingerprint density at radius 2 is 2.10 bits per heavy atom. The molecule has 20 heavy (non-hydrogen) atoms. The molecule has 0 atom stereocenters. The first-order valence-electron chi connectivity index (χ1n) is 6.78. The van der Waals surface area contributed by atoms with E-state index in [0.29, 0.717) is 24.4 Å². The maximum atomic E-state index is 12.4. The number of benzene rings is 1. The molecular weight excluding hydrogens is 250 g/mol. The van der Waals surface area contributed by atoms with Crippen LogP contribution in [0.3, 0.4) is 0 Å². The van der Waals surface area contributed by atoms with Crippen LogP contribution < -0.4 is 0 Å². The highest BCUT2D eigenvalue weighted by molar-refractivity contribution is 6.06. The molecule has 4 heteroatoms. The molecule has 0 saturated heterocycles. The molecular formula is C16H17N3O. The third kappa shape index (κ3) is 3.12. The van der Waals surface area contributed by atoms with Gasteiger partial charge in [0.2, 0.25) is 5.78 Å². The second kappa shape index (κ2) is 6.67. The summed E-state index contributed by atoms with van der Waals surface area (Å²) in [6.07, 6.45) is 5.80. The molecule has 0 N–H and O–H groups in total. The zero-order valence-electron chi connectivity index (χ0n) is 11.5. The summed E-state index contributed by atoms with van der Waals surface area (Å²) in [7, 11) is 0. The normalized spacial score (nSPS) is 10.2. The number of carbonyl (C=O) groups is 1. The second-order valence-corrected chi connectivity index (χ2v) is 4.63. The second-order valence-electron chi connectivity index (χ2n) is 4.63. The van der Waals surface area contributed by atoms with Gasteiger partial charge in [0.05, 0.1) is 12.5 Å². The highest BCUT2D eigenvalue weighted by atomic mass is 16.1. The summed E-state index contributed by atoms with van der Waals surface area (Å²) in [5.41, 5.74) is 1.87. The van der Waals surface area contributed by atoms with E-state index in [-0.39, 0.29) is 5.78 Å². The molecule has 1 aromatic carbocycles. The number of nitrogens with zero attached hydrogens (tertiary/aromatic N) is 3. The molecule has 0 radical (unpaired) electrons. The van der Waals surface area contributed by atoms with Gasteiger partial charge in [0, 0.05) is 24.5 Å². The van der Waals surface area contributed by atoms with Crippen LogP contribution in [0, 0.1) is 11.3 Å². The zero-order valence-corrected chi connectivity index (χ0v) is 11.5. The van der Waals surface area contributed by atoms with E-state index < -0.39 is 0 Å². The first-order valence-corrected chi connectivity index (χ1v) is 6.78. The Morgan fingerprint density at radius 3 is 2.75 bits per heavy atom. The molecule has 102 valence electrons. The molecule has 0 aliphatic carbocycles. The minimum atomic E-state index is -0.101. The van der Waals surface area contributed by atoms with Crippen LogP contribution in [0.25, 0.3) is 0 Å². The van der Waals surface area contributed by atoms with Crippen molar-refractivity contribution in [2.24, 2.45) is 0 Å².